The molecule has 6 heteroatoms. The van der Waals surface area contributed by atoms with Gasteiger partial charge in [-0.2, -0.15) is 11.3 Å². The monoisotopic (exact) mass is 949 g/mol. The summed E-state index contributed by atoms with van der Waals surface area (Å²) in [5.41, 5.74) is 10.3. The Hall–Kier alpha value is -5.75. The Morgan fingerprint density at radius 3 is 2.16 bits per heavy atom. The summed E-state index contributed by atoms with van der Waals surface area (Å²) in [6, 6.07) is 61.0. The molecule has 0 spiro atoms. The number of imidazole rings is 1. The molecule has 0 fully saturated rings. The Balaban J connectivity index is 0.000000211. The van der Waals surface area contributed by atoms with E-state index in [2.05, 4.69) is 181 Å². The van der Waals surface area contributed by atoms with Gasteiger partial charge in [0.1, 0.15) is 0 Å². The largest absolute Gasteiger partial charge is 0.333 e. The minimum atomic E-state index is -1.36. The van der Waals surface area contributed by atoms with Crippen LogP contribution in [0.1, 0.15) is 4.11 Å². The summed E-state index contributed by atoms with van der Waals surface area (Å²) in [6.07, 6.45) is 1.87. The molecule has 3 nitrogen and oxygen atoms in total. The van der Waals surface area contributed by atoms with Crippen LogP contribution in [0.5, 0.6) is 0 Å². The summed E-state index contributed by atoms with van der Waals surface area (Å²) in [5, 5.41) is 3.77. The Morgan fingerprint density at radius 2 is 1.40 bits per heavy atom. The van der Waals surface area contributed by atoms with Crippen LogP contribution in [0.25, 0.3) is 81.8 Å². The third-order valence-electron chi connectivity index (χ3n) is 10.0. The van der Waals surface area contributed by atoms with Crippen LogP contribution in [0.2, 0.25) is 19.6 Å². The third-order valence-corrected chi connectivity index (χ3v) is 13.2. The van der Waals surface area contributed by atoms with Crippen molar-refractivity contribution in [3.05, 3.63) is 194 Å². The zero-order valence-electron chi connectivity index (χ0n) is 34.7. The molecule has 3 heterocycles. The molecule has 0 bridgehead atoms. The first-order valence-corrected chi connectivity index (χ1v) is 23.0. The number of fused-ring (bicyclic) bond motifs is 4. The second-order valence-corrected chi connectivity index (χ2v) is 20.8. The van der Waals surface area contributed by atoms with Crippen molar-refractivity contribution in [2.24, 2.45) is 0 Å². The van der Waals surface area contributed by atoms with Gasteiger partial charge < -0.3 is 9.55 Å². The standard InChI is InChI=1S/C37H23N2S.C14H16NSi.Ir/c1-3-12-25(13-4-1)27-22-23-29-30-17-11-18-31(36(30)40-35(29)24-27)37-38-32-19-8-10-21-34(32)39(37)33-20-9-7-16-28(33)26-14-5-2-6-15-26;1-16(2,3)13-9-10-14(15-11-13)12-7-5-4-6-8-12;/h1-17,19-24H;4-7,9-11H,1-3H3;/q2*-1;/i;4D,5D,6D;. The van der Waals surface area contributed by atoms with Gasteiger partial charge in [-0.3, -0.25) is 4.98 Å². The van der Waals surface area contributed by atoms with Crippen LogP contribution in [0.3, 0.4) is 0 Å². The fraction of sp³-hybridized carbons (Fsp3) is 0.0588. The number of pyridine rings is 1. The van der Waals surface area contributed by atoms with Crippen molar-refractivity contribution in [3.63, 3.8) is 0 Å². The maximum Gasteiger partial charge on any atom is 0.0795 e. The van der Waals surface area contributed by atoms with Crippen LogP contribution >= 0.6 is 11.3 Å². The summed E-state index contributed by atoms with van der Waals surface area (Å²) in [7, 11) is -1.36. The van der Waals surface area contributed by atoms with Gasteiger partial charge in [-0.25, -0.2) is 0 Å². The minimum Gasteiger partial charge on any atom is -0.333 e. The summed E-state index contributed by atoms with van der Waals surface area (Å²) in [6.45, 7) is 6.78. The van der Waals surface area contributed by atoms with Crippen LogP contribution in [-0.4, -0.2) is 22.6 Å². The Bertz CT molecular complexity index is 3100. The molecule has 0 N–H and O–H groups in total. The Morgan fingerprint density at radius 1 is 0.667 bits per heavy atom. The van der Waals surface area contributed by atoms with Crippen molar-refractivity contribution in [1.82, 2.24) is 14.5 Å². The molecule has 10 rings (SSSR count). The number of nitrogens with zero attached hydrogens (tertiary/aromatic N) is 3. The van der Waals surface area contributed by atoms with Crippen LogP contribution in [0, 0.1) is 12.1 Å². The Labute approximate surface area is 356 Å². The van der Waals surface area contributed by atoms with Crippen molar-refractivity contribution >= 4 is 55.8 Å². The molecule has 0 aliphatic rings. The van der Waals surface area contributed by atoms with E-state index in [1.54, 1.807) is 0 Å². The van der Waals surface area contributed by atoms with Gasteiger partial charge in [0, 0.05) is 45.0 Å². The van der Waals surface area contributed by atoms with Crippen molar-refractivity contribution in [2.75, 3.05) is 0 Å². The van der Waals surface area contributed by atoms with E-state index < -0.39 is 8.07 Å². The molecular formula is C51H39IrN3SSi-2. The zero-order valence-corrected chi connectivity index (χ0v) is 35.9. The fourth-order valence-corrected chi connectivity index (χ4v) is 9.37. The fourth-order valence-electron chi connectivity index (χ4n) is 7.10. The molecule has 10 aromatic rings. The number of hydrogen-bond acceptors (Lipinski definition) is 3. The first kappa shape index (κ1) is 34.5. The minimum absolute atomic E-state index is 0. The number of rotatable bonds is 6. The number of thiophene rings is 1. The quantitative estimate of drug-likeness (QED) is 0.123. The molecule has 279 valence electrons. The molecule has 0 amide bonds. The van der Waals surface area contributed by atoms with E-state index in [0.717, 1.165) is 28.1 Å². The molecule has 0 saturated carbocycles. The molecule has 1 radical (unpaired) electrons. The van der Waals surface area contributed by atoms with E-state index in [1.807, 2.05) is 29.7 Å². The Kier molecular flexibility index (Phi) is 9.91. The molecule has 7 aromatic carbocycles. The first-order chi connectivity index (χ1) is 28.6. The second-order valence-electron chi connectivity index (χ2n) is 14.7. The number of hydrogen-bond donors (Lipinski definition) is 0. The van der Waals surface area contributed by atoms with Crippen LogP contribution in [-0.2, 0) is 20.1 Å². The van der Waals surface area contributed by atoms with Gasteiger partial charge >= 0.3 is 0 Å². The smallest absolute Gasteiger partial charge is 0.0795 e. The predicted octanol–water partition coefficient (Wildman–Crippen LogP) is 13.3. The number of para-hydroxylation sites is 3. The van der Waals surface area contributed by atoms with Crippen molar-refractivity contribution in [3.8, 4) is 50.6 Å². The molecule has 0 saturated heterocycles. The van der Waals surface area contributed by atoms with E-state index in [0.29, 0.717) is 11.3 Å². The maximum atomic E-state index is 7.64. The molecule has 3 aromatic heterocycles. The summed E-state index contributed by atoms with van der Waals surface area (Å²) >= 11 is 1.82. The van der Waals surface area contributed by atoms with Gasteiger partial charge in [0.2, 0.25) is 0 Å². The van der Waals surface area contributed by atoms with Gasteiger partial charge in [0.25, 0.3) is 0 Å². The molecular weight excluding hydrogens is 907 g/mol. The zero-order chi connectivity index (χ0) is 40.7. The van der Waals surface area contributed by atoms with E-state index >= 15 is 0 Å². The molecule has 57 heavy (non-hydrogen) atoms. The SMILES string of the molecule is [2H]c1[c-]c(-c2ccc([Si](C)(C)C)cn2)cc([2H])c1[2H].[Ir].[c-]1ccc2c(sc3cc(-c4ccccc4)ccc32)c1-c1nc2ccccc2n1-c1ccccc1-c1ccccc1. The molecule has 0 atom stereocenters. The number of benzene rings is 7. The van der Waals surface area contributed by atoms with Crippen LogP contribution < -0.4 is 5.19 Å². The van der Waals surface area contributed by atoms with E-state index in [4.69, 9.17) is 9.10 Å². The number of aromatic nitrogens is 3. The van der Waals surface area contributed by atoms with E-state index in [1.165, 1.54) is 53.7 Å². The molecule has 0 aliphatic carbocycles. The normalized spacial score (nSPS) is 12.0. The summed E-state index contributed by atoms with van der Waals surface area (Å²) < 4.78 is 27.5. The summed E-state index contributed by atoms with van der Waals surface area (Å²) in [4.78, 5) is 9.62. The molecule has 0 unspecified atom stereocenters. The predicted molar refractivity (Wildman–Crippen MR) is 241 cm³/mol. The third kappa shape index (κ3) is 7.70. The van der Waals surface area contributed by atoms with E-state index in [-0.39, 0.29) is 38.2 Å². The second kappa shape index (κ2) is 16.4. The van der Waals surface area contributed by atoms with Gasteiger partial charge in [0.05, 0.1) is 24.9 Å². The van der Waals surface area contributed by atoms with Crippen molar-refractivity contribution in [1.29, 1.82) is 0 Å². The van der Waals surface area contributed by atoms with E-state index in [9.17, 15) is 0 Å². The van der Waals surface area contributed by atoms with Gasteiger partial charge in [0.15, 0.2) is 0 Å². The first-order valence-electron chi connectivity index (χ1n) is 20.2. The van der Waals surface area contributed by atoms with Crippen LogP contribution in [0.4, 0.5) is 0 Å². The maximum absolute atomic E-state index is 7.64. The van der Waals surface area contributed by atoms with Crippen LogP contribution in [0.15, 0.2) is 182 Å². The van der Waals surface area contributed by atoms with Gasteiger partial charge in [-0.15, -0.1) is 54.0 Å². The molecule has 0 aliphatic heterocycles. The summed E-state index contributed by atoms with van der Waals surface area (Å²) in [5.74, 6) is 0.907. The van der Waals surface area contributed by atoms with Gasteiger partial charge in [-0.1, -0.05) is 146 Å². The average molecular weight is 949 g/mol. The topological polar surface area (TPSA) is 30.7 Å². The average Bonchev–Trinajstić information content (AvgIpc) is 3.84. The van der Waals surface area contributed by atoms with Crippen molar-refractivity contribution < 1.29 is 24.2 Å². The van der Waals surface area contributed by atoms with Gasteiger partial charge in [-0.05, 0) is 63.3 Å². The van der Waals surface area contributed by atoms with Crippen molar-refractivity contribution in [2.45, 2.75) is 19.6 Å².